The lowest BCUT2D eigenvalue weighted by atomic mass is 10.2. The first-order valence-corrected chi connectivity index (χ1v) is 8.87. The Kier molecular flexibility index (Phi) is 6.22. The van der Waals surface area contributed by atoms with E-state index in [0.717, 1.165) is 18.7 Å². The number of hydrogen-bond donors (Lipinski definition) is 1. The summed E-state index contributed by atoms with van der Waals surface area (Å²) in [4.78, 5) is 8.28. The maximum absolute atomic E-state index is 13.8. The fourth-order valence-electron chi connectivity index (χ4n) is 2.92. The molecule has 0 radical (unpaired) electrons. The molecule has 3 rings (SSSR count). The molecular weight excluding hydrogens is 380 g/mol. The predicted molar refractivity (Wildman–Crippen MR) is 98.2 cm³/mol. The molecule has 1 fully saturated rings. The topological polar surface area (TPSA) is 31.4 Å². The van der Waals surface area contributed by atoms with Gasteiger partial charge in [-0.05, 0) is 30.8 Å². The predicted octanol–water partition coefficient (Wildman–Crippen LogP) is 3.54. The molecular formula is C18H18F4N4S. The number of halogens is 4. The minimum absolute atomic E-state index is 0.0681. The maximum atomic E-state index is 13.8. The standard InChI is InChI=1S/C18H18F4N4S/c19-13-10-14(20)17(16(22)15(13)21)24-18(27)26-7-3-6-25(8-9-26)11-12-4-1-2-5-23-12/h1-2,4-5,10H,3,6-9,11H2,(H,24,27). The van der Waals surface area contributed by atoms with E-state index in [1.54, 1.807) is 11.1 Å². The average Bonchev–Trinajstić information content (AvgIpc) is 2.90. The van der Waals surface area contributed by atoms with Crippen molar-refractivity contribution in [2.24, 2.45) is 0 Å². The molecule has 0 atom stereocenters. The number of benzene rings is 1. The van der Waals surface area contributed by atoms with E-state index < -0.39 is 29.0 Å². The summed E-state index contributed by atoms with van der Waals surface area (Å²) in [6.07, 6.45) is 2.53. The van der Waals surface area contributed by atoms with Crippen LogP contribution in [0.15, 0.2) is 30.5 Å². The van der Waals surface area contributed by atoms with Gasteiger partial charge in [0.1, 0.15) is 5.69 Å². The van der Waals surface area contributed by atoms with E-state index in [0.29, 0.717) is 32.2 Å². The van der Waals surface area contributed by atoms with E-state index in [4.69, 9.17) is 12.2 Å². The highest BCUT2D eigenvalue weighted by molar-refractivity contribution is 7.80. The molecule has 9 heteroatoms. The molecule has 1 aromatic heterocycles. The third kappa shape index (κ3) is 4.72. The highest BCUT2D eigenvalue weighted by atomic mass is 32.1. The van der Waals surface area contributed by atoms with Gasteiger partial charge in [-0.3, -0.25) is 9.88 Å². The van der Waals surface area contributed by atoms with Crippen LogP contribution in [0.3, 0.4) is 0 Å². The quantitative estimate of drug-likeness (QED) is 0.370. The lowest BCUT2D eigenvalue weighted by Crippen LogP contribution is -2.38. The Morgan fingerprint density at radius 2 is 1.85 bits per heavy atom. The van der Waals surface area contributed by atoms with Crippen molar-refractivity contribution >= 4 is 23.0 Å². The van der Waals surface area contributed by atoms with Gasteiger partial charge in [-0.15, -0.1) is 0 Å². The van der Waals surface area contributed by atoms with Gasteiger partial charge in [0.15, 0.2) is 28.4 Å². The number of nitrogens with zero attached hydrogens (tertiary/aromatic N) is 3. The van der Waals surface area contributed by atoms with Gasteiger partial charge in [0.2, 0.25) is 0 Å². The van der Waals surface area contributed by atoms with Crippen molar-refractivity contribution in [1.29, 1.82) is 0 Å². The number of nitrogens with one attached hydrogen (secondary N) is 1. The van der Waals surface area contributed by atoms with Crippen LogP contribution in [-0.4, -0.2) is 46.1 Å². The van der Waals surface area contributed by atoms with E-state index in [-0.39, 0.29) is 5.11 Å². The normalized spacial score (nSPS) is 15.5. The minimum atomic E-state index is -1.74. The molecule has 1 saturated heterocycles. The number of thiocarbonyl (C=S) groups is 1. The van der Waals surface area contributed by atoms with Crippen molar-refractivity contribution in [3.8, 4) is 0 Å². The Morgan fingerprint density at radius 3 is 2.59 bits per heavy atom. The fraction of sp³-hybridized carbons (Fsp3) is 0.333. The lowest BCUT2D eigenvalue weighted by molar-refractivity contribution is 0.275. The molecule has 1 aliphatic rings. The van der Waals surface area contributed by atoms with E-state index in [2.05, 4.69) is 15.2 Å². The molecule has 27 heavy (non-hydrogen) atoms. The van der Waals surface area contributed by atoms with Crippen LogP contribution in [0.4, 0.5) is 23.2 Å². The van der Waals surface area contributed by atoms with Crippen LogP contribution in [0.2, 0.25) is 0 Å². The summed E-state index contributed by atoms with van der Waals surface area (Å²) in [5.41, 5.74) is 0.172. The van der Waals surface area contributed by atoms with Crippen LogP contribution in [0, 0.1) is 23.3 Å². The van der Waals surface area contributed by atoms with Gasteiger partial charge in [-0.1, -0.05) is 6.07 Å². The Balaban J connectivity index is 1.62. The molecule has 0 spiro atoms. The first kappa shape index (κ1) is 19.5. The van der Waals surface area contributed by atoms with Gasteiger partial charge in [0, 0.05) is 45.0 Å². The molecule has 144 valence electrons. The SMILES string of the molecule is Fc1cc(F)c(NC(=S)N2CCCN(Cc3ccccn3)CC2)c(F)c1F. The van der Waals surface area contributed by atoms with Crippen LogP contribution in [0.1, 0.15) is 12.1 Å². The van der Waals surface area contributed by atoms with Gasteiger partial charge in [-0.25, -0.2) is 17.6 Å². The second-order valence-electron chi connectivity index (χ2n) is 6.21. The zero-order valence-electron chi connectivity index (χ0n) is 14.4. The monoisotopic (exact) mass is 398 g/mol. The highest BCUT2D eigenvalue weighted by Gasteiger charge is 2.22. The van der Waals surface area contributed by atoms with Crippen LogP contribution < -0.4 is 5.32 Å². The summed E-state index contributed by atoms with van der Waals surface area (Å²) in [6, 6.07) is 6.02. The molecule has 0 saturated carbocycles. The van der Waals surface area contributed by atoms with Crippen molar-refractivity contribution in [3.05, 3.63) is 59.4 Å². The van der Waals surface area contributed by atoms with Crippen molar-refractivity contribution in [3.63, 3.8) is 0 Å². The lowest BCUT2D eigenvalue weighted by Gasteiger charge is -2.25. The van der Waals surface area contributed by atoms with E-state index in [9.17, 15) is 17.6 Å². The summed E-state index contributed by atoms with van der Waals surface area (Å²) >= 11 is 5.21. The number of hydrogen-bond acceptors (Lipinski definition) is 3. The van der Waals surface area contributed by atoms with E-state index in [1.807, 2.05) is 18.2 Å². The molecule has 0 amide bonds. The fourth-order valence-corrected chi connectivity index (χ4v) is 3.20. The summed E-state index contributed by atoms with van der Waals surface area (Å²) in [5.74, 6) is -6.18. The maximum Gasteiger partial charge on any atom is 0.196 e. The van der Waals surface area contributed by atoms with Crippen molar-refractivity contribution in [2.45, 2.75) is 13.0 Å². The molecule has 0 unspecified atom stereocenters. The molecule has 1 aliphatic heterocycles. The summed E-state index contributed by atoms with van der Waals surface area (Å²) < 4.78 is 54.0. The van der Waals surface area contributed by atoms with Gasteiger partial charge in [0.25, 0.3) is 0 Å². The molecule has 1 aromatic carbocycles. The van der Waals surface area contributed by atoms with Crippen LogP contribution >= 0.6 is 12.2 Å². The average molecular weight is 398 g/mol. The van der Waals surface area contributed by atoms with Crippen molar-refractivity contribution in [1.82, 2.24) is 14.8 Å². The zero-order chi connectivity index (χ0) is 19.4. The Labute approximate surface area is 159 Å². The Hall–Kier alpha value is -2.26. The Morgan fingerprint density at radius 1 is 1.04 bits per heavy atom. The van der Waals surface area contributed by atoms with Crippen molar-refractivity contribution in [2.75, 3.05) is 31.5 Å². The first-order valence-electron chi connectivity index (χ1n) is 8.47. The number of aromatic nitrogens is 1. The summed E-state index contributed by atoms with van der Waals surface area (Å²) in [7, 11) is 0. The second-order valence-corrected chi connectivity index (χ2v) is 6.60. The summed E-state index contributed by atoms with van der Waals surface area (Å²) in [6.45, 7) is 3.31. The molecule has 1 N–H and O–H groups in total. The zero-order valence-corrected chi connectivity index (χ0v) is 15.2. The second kappa shape index (κ2) is 8.62. The largest absolute Gasteiger partial charge is 0.348 e. The van der Waals surface area contributed by atoms with Crippen LogP contribution in [-0.2, 0) is 6.54 Å². The van der Waals surface area contributed by atoms with Crippen LogP contribution in [0.25, 0.3) is 0 Å². The molecule has 2 aromatic rings. The minimum Gasteiger partial charge on any atom is -0.348 e. The van der Waals surface area contributed by atoms with Crippen molar-refractivity contribution < 1.29 is 17.6 Å². The van der Waals surface area contributed by atoms with Crippen LogP contribution in [0.5, 0.6) is 0 Å². The van der Waals surface area contributed by atoms with E-state index >= 15 is 0 Å². The van der Waals surface area contributed by atoms with Gasteiger partial charge in [0.05, 0.1) is 5.69 Å². The molecule has 2 heterocycles. The number of rotatable bonds is 3. The smallest absolute Gasteiger partial charge is 0.196 e. The highest BCUT2D eigenvalue weighted by Crippen LogP contribution is 2.24. The molecule has 0 bridgehead atoms. The van der Waals surface area contributed by atoms with Gasteiger partial charge < -0.3 is 10.2 Å². The number of pyridine rings is 1. The van der Waals surface area contributed by atoms with Gasteiger partial charge >= 0.3 is 0 Å². The Bertz CT molecular complexity index is 819. The first-order chi connectivity index (χ1) is 13.0. The van der Waals surface area contributed by atoms with Gasteiger partial charge in [-0.2, -0.15) is 0 Å². The summed E-state index contributed by atoms with van der Waals surface area (Å²) in [5, 5.41) is 2.45. The van der Waals surface area contributed by atoms with E-state index in [1.165, 1.54) is 0 Å². The third-order valence-corrected chi connectivity index (χ3v) is 4.69. The molecule has 4 nitrogen and oxygen atoms in total. The number of anilines is 1. The molecule has 0 aliphatic carbocycles. The third-order valence-electron chi connectivity index (χ3n) is 4.33.